The summed E-state index contributed by atoms with van der Waals surface area (Å²) in [6.45, 7) is 7.36. The van der Waals surface area contributed by atoms with Gasteiger partial charge in [0.2, 0.25) is 0 Å². The predicted molar refractivity (Wildman–Crippen MR) is 75.4 cm³/mol. The summed E-state index contributed by atoms with van der Waals surface area (Å²) < 4.78 is 0. The summed E-state index contributed by atoms with van der Waals surface area (Å²) in [6.07, 6.45) is 10.5. The molecule has 0 aromatic rings. The van der Waals surface area contributed by atoms with Crippen molar-refractivity contribution in [2.24, 2.45) is 0 Å². The van der Waals surface area contributed by atoms with Gasteiger partial charge in [-0.3, -0.25) is 4.79 Å². The van der Waals surface area contributed by atoms with Gasteiger partial charge in [0.25, 0.3) is 0 Å². The van der Waals surface area contributed by atoms with E-state index in [0.29, 0.717) is 18.2 Å². The summed E-state index contributed by atoms with van der Waals surface area (Å²) in [4.78, 5) is 11.6. The molecule has 2 nitrogen and oxygen atoms in total. The van der Waals surface area contributed by atoms with Gasteiger partial charge in [-0.25, -0.2) is 0 Å². The Morgan fingerprint density at radius 2 is 1.59 bits per heavy atom. The smallest absolute Gasteiger partial charge is 0.134 e. The van der Waals surface area contributed by atoms with E-state index in [9.17, 15) is 4.79 Å². The molecule has 0 spiro atoms. The van der Waals surface area contributed by atoms with Crippen molar-refractivity contribution in [3.8, 4) is 0 Å². The molecule has 2 heteroatoms. The molecule has 1 atom stereocenters. The third-order valence-electron chi connectivity index (χ3n) is 3.15. The summed E-state index contributed by atoms with van der Waals surface area (Å²) in [6, 6.07) is 0.344. The Morgan fingerprint density at radius 1 is 1.00 bits per heavy atom. The van der Waals surface area contributed by atoms with Gasteiger partial charge in [-0.15, -0.1) is 0 Å². The Balaban J connectivity index is 3.27. The Morgan fingerprint density at radius 3 is 2.18 bits per heavy atom. The SMILES string of the molecule is CCCCCCCCCC(=O)CC(C)NCC. The normalized spacial score (nSPS) is 12.6. The second-order valence-electron chi connectivity index (χ2n) is 5.07. The van der Waals surface area contributed by atoms with Crippen molar-refractivity contribution in [3.05, 3.63) is 0 Å². The third-order valence-corrected chi connectivity index (χ3v) is 3.15. The summed E-state index contributed by atoms with van der Waals surface area (Å²) >= 11 is 0. The lowest BCUT2D eigenvalue weighted by Crippen LogP contribution is -2.28. The summed E-state index contributed by atoms with van der Waals surface area (Å²) in [5.41, 5.74) is 0. The topological polar surface area (TPSA) is 29.1 Å². The van der Waals surface area contributed by atoms with E-state index in [0.717, 1.165) is 19.4 Å². The number of ketones is 1. The van der Waals surface area contributed by atoms with Gasteiger partial charge in [0, 0.05) is 18.9 Å². The number of carbonyl (C=O) groups excluding carboxylic acids is 1. The zero-order valence-corrected chi connectivity index (χ0v) is 12.1. The highest BCUT2D eigenvalue weighted by Crippen LogP contribution is 2.09. The maximum absolute atomic E-state index is 11.6. The molecule has 0 radical (unpaired) electrons. The highest BCUT2D eigenvalue weighted by molar-refractivity contribution is 5.78. The number of hydrogen-bond acceptors (Lipinski definition) is 2. The van der Waals surface area contributed by atoms with E-state index in [2.05, 4.69) is 26.1 Å². The Hall–Kier alpha value is -0.370. The van der Waals surface area contributed by atoms with E-state index in [-0.39, 0.29) is 0 Å². The van der Waals surface area contributed by atoms with Crippen LogP contribution in [0.15, 0.2) is 0 Å². The fourth-order valence-electron chi connectivity index (χ4n) is 2.14. The maximum Gasteiger partial charge on any atom is 0.134 e. The number of rotatable bonds is 12. The average molecular weight is 241 g/mol. The third kappa shape index (κ3) is 11.9. The van der Waals surface area contributed by atoms with Crippen LogP contribution >= 0.6 is 0 Å². The monoisotopic (exact) mass is 241 g/mol. The van der Waals surface area contributed by atoms with Crippen LogP contribution in [-0.2, 0) is 4.79 Å². The van der Waals surface area contributed by atoms with Gasteiger partial charge in [0.1, 0.15) is 5.78 Å². The molecular formula is C15H31NO. The van der Waals surface area contributed by atoms with Crippen molar-refractivity contribution < 1.29 is 4.79 Å². The van der Waals surface area contributed by atoms with E-state index >= 15 is 0 Å². The van der Waals surface area contributed by atoms with E-state index in [1.54, 1.807) is 0 Å². The molecule has 0 aromatic carbocycles. The van der Waals surface area contributed by atoms with Crippen molar-refractivity contribution in [3.63, 3.8) is 0 Å². The number of carbonyl (C=O) groups is 1. The Kier molecular flexibility index (Phi) is 11.8. The molecule has 1 unspecified atom stereocenters. The molecule has 0 rings (SSSR count). The molecule has 0 fully saturated rings. The van der Waals surface area contributed by atoms with Gasteiger partial charge < -0.3 is 5.32 Å². The van der Waals surface area contributed by atoms with E-state index in [1.165, 1.54) is 38.5 Å². The van der Waals surface area contributed by atoms with Gasteiger partial charge in [0.15, 0.2) is 0 Å². The van der Waals surface area contributed by atoms with Gasteiger partial charge >= 0.3 is 0 Å². The predicted octanol–water partition coefficient (Wildman–Crippen LogP) is 4.08. The van der Waals surface area contributed by atoms with Crippen LogP contribution in [0, 0.1) is 0 Å². The second kappa shape index (κ2) is 12.1. The lowest BCUT2D eigenvalue weighted by molar-refractivity contribution is -0.119. The molecule has 1 N–H and O–H groups in total. The zero-order valence-electron chi connectivity index (χ0n) is 12.1. The van der Waals surface area contributed by atoms with Crippen molar-refractivity contribution in [1.29, 1.82) is 0 Å². The van der Waals surface area contributed by atoms with Gasteiger partial charge in [0.05, 0.1) is 0 Å². The van der Waals surface area contributed by atoms with Crippen LogP contribution in [0.3, 0.4) is 0 Å². The molecule has 0 aliphatic rings. The summed E-state index contributed by atoms with van der Waals surface area (Å²) in [7, 11) is 0. The van der Waals surface area contributed by atoms with Crippen molar-refractivity contribution in [2.45, 2.75) is 84.6 Å². The first-order valence-corrected chi connectivity index (χ1v) is 7.45. The first-order valence-electron chi connectivity index (χ1n) is 7.45. The Labute approximate surface area is 108 Å². The minimum atomic E-state index is 0.344. The minimum absolute atomic E-state index is 0.344. The highest BCUT2D eigenvalue weighted by Gasteiger charge is 2.07. The largest absolute Gasteiger partial charge is 0.314 e. The maximum atomic E-state index is 11.6. The van der Waals surface area contributed by atoms with Gasteiger partial charge in [-0.2, -0.15) is 0 Å². The molecule has 0 amide bonds. The summed E-state index contributed by atoms with van der Waals surface area (Å²) in [5, 5.41) is 3.28. The minimum Gasteiger partial charge on any atom is -0.314 e. The lowest BCUT2D eigenvalue weighted by Gasteiger charge is -2.10. The molecule has 0 bridgehead atoms. The average Bonchev–Trinajstić information content (AvgIpc) is 2.28. The molecule has 0 aromatic heterocycles. The molecule has 0 saturated heterocycles. The van der Waals surface area contributed by atoms with E-state index in [1.807, 2.05) is 0 Å². The molecule has 0 saturated carbocycles. The highest BCUT2D eigenvalue weighted by atomic mass is 16.1. The van der Waals surface area contributed by atoms with Crippen LogP contribution in [0.4, 0.5) is 0 Å². The molecular weight excluding hydrogens is 210 g/mol. The molecule has 0 aliphatic heterocycles. The van der Waals surface area contributed by atoms with Crippen LogP contribution in [0.1, 0.15) is 78.6 Å². The van der Waals surface area contributed by atoms with Crippen LogP contribution in [0.25, 0.3) is 0 Å². The van der Waals surface area contributed by atoms with Gasteiger partial charge in [-0.1, -0.05) is 52.4 Å². The molecule has 0 heterocycles. The van der Waals surface area contributed by atoms with Gasteiger partial charge in [-0.05, 0) is 19.9 Å². The van der Waals surface area contributed by atoms with E-state index in [4.69, 9.17) is 0 Å². The lowest BCUT2D eigenvalue weighted by atomic mass is 10.0. The Bertz CT molecular complexity index is 180. The summed E-state index contributed by atoms with van der Waals surface area (Å²) in [5.74, 6) is 0.423. The van der Waals surface area contributed by atoms with Crippen LogP contribution in [0.5, 0.6) is 0 Å². The number of Topliss-reactive ketones (excluding diaryl/α,β-unsaturated/α-hetero) is 1. The molecule has 102 valence electrons. The van der Waals surface area contributed by atoms with Crippen LogP contribution in [-0.4, -0.2) is 18.4 Å². The number of unbranched alkanes of at least 4 members (excludes halogenated alkanes) is 6. The number of hydrogen-bond donors (Lipinski definition) is 1. The van der Waals surface area contributed by atoms with Crippen LogP contribution in [0.2, 0.25) is 0 Å². The first kappa shape index (κ1) is 16.6. The fourth-order valence-corrected chi connectivity index (χ4v) is 2.14. The molecule has 17 heavy (non-hydrogen) atoms. The molecule has 0 aliphatic carbocycles. The fraction of sp³-hybridized carbons (Fsp3) is 0.933. The van der Waals surface area contributed by atoms with Crippen molar-refractivity contribution in [1.82, 2.24) is 5.32 Å². The van der Waals surface area contributed by atoms with Crippen molar-refractivity contribution in [2.75, 3.05) is 6.54 Å². The van der Waals surface area contributed by atoms with E-state index < -0.39 is 0 Å². The zero-order chi connectivity index (χ0) is 12.9. The quantitative estimate of drug-likeness (QED) is 0.522. The second-order valence-corrected chi connectivity index (χ2v) is 5.07. The van der Waals surface area contributed by atoms with Crippen molar-refractivity contribution >= 4 is 5.78 Å². The standard InChI is InChI=1S/C15H31NO/c1-4-6-7-8-9-10-11-12-15(17)13-14(3)16-5-2/h14,16H,4-13H2,1-3H3. The van der Waals surface area contributed by atoms with Crippen LogP contribution < -0.4 is 5.32 Å². The first-order chi connectivity index (χ1) is 8.20. The number of nitrogens with one attached hydrogen (secondary N) is 1.